The molecule has 10 N–H and O–H groups in total. The fraction of sp³-hybridized carbons (Fsp3) is 0. The molecule has 0 aliphatic rings. The van der Waals surface area contributed by atoms with E-state index in [0.29, 0.717) is 60.7 Å². The molecule has 0 aliphatic carbocycles. The topological polar surface area (TPSA) is 559 Å². The molecule has 72 heavy (non-hydrogen) atoms. The largest absolute Gasteiger partial charge is 0.505 e. The van der Waals surface area contributed by atoms with Crippen molar-refractivity contribution in [2.24, 2.45) is 30.7 Å². The number of phenols is 3. The van der Waals surface area contributed by atoms with E-state index in [1.165, 1.54) is 0 Å². The first-order valence-electron chi connectivity index (χ1n) is 17.6. The predicted octanol–water partition coefficient (Wildman–Crippen LogP) is 4.99. The van der Waals surface area contributed by atoms with Gasteiger partial charge in [-0.15, -0.1) is 25.6 Å². The fourth-order valence-electron chi connectivity index (χ4n) is 6.19. The quantitative estimate of drug-likeness (QED) is 0.0297. The monoisotopic (exact) mass is 1140 g/mol. The highest BCUT2D eigenvalue weighted by atomic mass is 32.2. The van der Waals surface area contributed by atoms with Crippen LogP contribution in [0.5, 0.6) is 17.2 Å². The molecule has 0 atom stereocenters. The summed E-state index contributed by atoms with van der Waals surface area (Å²) in [4.78, 5) is 0.248. The van der Waals surface area contributed by atoms with E-state index in [-0.39, 0.29) is 6.07 Å². The smallest absolute Gasteiger partial charge is 0.297 e. The van der Waals surface area contributed by atoms with Gasteiger partial charge < -0.3 is 15.3 Å². The minimum Gasteiger partial charge on any atom is -0.505 e. The van der Waals surface area contributed by atoms with Crippen molar-refractivity contribution < 1.29 is 111 Å². The minimum atomic E-state index is -5.67. The summed E-state index contributed by atoms with van der Waals surface area (Å²) in [6.07, 6.45) is 0. The van der Waals surface area contributed by atoms with Crippen molar-refractivity contribution in [1.82, 2.24) is 0 Å². The molecular formula is C32H21N7O26S7. The number of phenolic OH excluding ortho intramolecular Hbond substituents is 3. The van der Waals surface area contributed by atoms with Gasteiger partial charge in [0.15, 0.2) is 17.2 Å². The van der Waals surface area contributed by atoms with Crippen molar-refractivity contribution in [3.8, 4) is 17.2 Å². The Morgan fingerprint density at radius 2 is 0.736 bits per heavy atom. The van der Waals surface area contributed by atoms with Crippen molar-refractivity contribution in [1.29, 1.82) is 0 Å². The Kier molecular flexibility index (Phi) is 13.6. The minimum absolute atomic E-state index is 0.133. The zero-order valence-corrected chi connectivity index (χ0v) is 39.6. The molecule has 0 radical (unpaired) electrons. The molecule has 6 aromatic rings. The van der Waals surface area contributed by atoms with Gasteiger partial charge >= 0.3 is 0 Å². The summed E-state index contributed by atoms with van der Waals surface area (Å²) in [5, 5.41) is 61.2. The lowest BCUT2D eigenvalue weighted by Crippen LogP contribution is -2.06. The normalized spacial score (nSPS) is 13.5. The number of fused-ring (bicyclic) bond motifs is 2. The molecule has 0 amide bonds. The highest BCUT2D eigenvalue weighted by molar-refractivity contribution is 7.87. The maximum Gasteiger partial charge on any atom is 0.297 e. The van der Waals surface area contributed by atoms with Gasteiger partial charge in [0.25, 0.3) is 76.5 Å². The van der Waals surface area contributed by atoms with Crippen LogP contribution in [0.25, 0.3) is 21.5 Å². The van der Waals surface area contributed by atoms with Gasteiger partial charge in [0.05, 0.1) is 20.9 Å². The number of nitro benzene ring substituents is 1. The molecule has 0 saturated carbocycles. The molecule has 40 heteroatoms. The first-order valence-corrected chi connectivity index (χ1v) is 27.7. The lowest BCUT2D eigenvalue weighted by atomic mass is 10.1. The van der Waals surface area contributed by atoms with Crippen molar-refractivity contribution in [3.05, 3.63) is 76.8 Å². The number of hydrogen-bond donors (Lipinski definition) is 10. The van der Waals surface area contributed by atoms with Crippen molar-refractivity contribution in [2.45, 2.75) is 34.3 Å². The van der Waals surface area contributed by atoms with Gasteiger partial charge in [-0.1, -0.05) is 0 Å². The number of nitrogens with zero attached hydrogens (tertiary/aromatic N) is 7. The third kappa shape index (κ3) is 11.0. The number of hydrogen-bond acceptors (Lipinski definition) is 25. The number of azo groups is 3. The summed E-state index contributed by atoms with van der Waals surface area (Å²) < 4.78 is 241. The zero-order chi connectivity index (χ0) is 54.2. The number of nitro groups is 1. The summed E-state index contributed by atoms with van der Waals surface area (Å²) in [7, 11) is -38.7. The number of rotatable bonds is 14. The van der Waals surface area contributed by atoms with Crippen molar-refractivity contribution in [2.75, 3.05) is 0 Å². The van der Waals surface area contributed by atoms with E-state index in [4.69, 9.17) is 0 Å². The van der Waals surface area contributed by atoms with Gasteiger partial charge in [0.1, 0.15) is 57.8 Å². The lowest BCUT2D eigenvalue weighted by molar-refractivity contribution is -0.385. The molecule has 382 valence electrons. The van der Waals surface area contributed by atoms with E-state index in [2.05, 4.69) is 30.7 Å². The molecular weight excluding hydrogens is 1120 g/mol. The van der Waals surface area contributed by atoms with Gasteiger partial charge in [-0.25, -0.2) is 0 Å². The molecule has 0 bridgehead atoms. The SMILES string of the molecule is O=[N+]([O-])c1ccc(N=Nc2c(S(=O)(=O)O)cc3cc(S(=O)(=O)O)c(N=Nc4ccc(N=Nc5c(S(=O)(=O)O)cc6cc(S(=O)(=O)O)cc(S(=O)(=O)O)c6c5O)cc4S(=O)(=O)O)c(O)c3c2O)c(S(=O)(=O)O)c1. The second kappa shape index (κ2) is 18.1. The summed E-state index contributed by atoms with van der Waals surface area (Å²) in [6, 6.07) is 4.57. The molecule has 0 aliphatic heterocycles. The Morgan fingerprint density at radius 3 is 1.12 bits per heavy atom. The van der Waals surface area contributed by atoms with Crippen molar-refractivity contribution >= 4 is 132 Å². The Hall–Kier alpha value is -7.19. The van der Waals surface area contributed by atoms with Crippen LogP contribution in [-0.2, 0) is 70.8 Å². The van der Waals surface area contributed by atoms with E-state index in [9.17, 15) is 116 Å². The summed E-state index contributed by atoms with van der Waals surface area (Å²) in [5.41, 5.74) is -7.92. The Balaban J connectivity index is 1.54. The van der Waals surface area contributed by atoms with Crippen molar-refractivity contribution in [3.63, 3.8) is 0 Å². The second-order valence-electron chi connectivity index (χ2n) is 13.8. The average molecular weight is 1140 g/mol. The number of benzene rings is 6. The third-order valence-corrected chi connectivity index (χ3v) is 15.3. The summed E-state index contributed by atoms with van der Waals surface area (Å²) >= 11 is 0. The highest BCUT2D eigenvalue weighted by Gasteiger charge is 2.32. The van der Waals surface area contributed by atoms with Crippen LogP contribution < -0.4 is 0 Å². The van der Waals surface area contributed by atoms with E-state index in [1.807, 2.05) is 0 Å². The van der Waals surface area contributed by atoms with Crippen LogP contribution in [-0.4, -0.2) is 111 Å². The summed E-state index contributed by atoms with van der Waals surface area (Å²) in [5.74, 6) is -4.73. The average Bonchev–Trinajstić information content (AvgIpc) is 3.22. The molecule has 0 fully saturated rings. The van der Waals surface area contributed by atoms with E-state index >= 15 is 0 Å². The van der Waals surface area contributed by atoms with Gasteiger partial charge in [-0.05, 0) is 65.4 Å². The van der Waals surface area contributed by atoms with Crippen LogP contribution in [0.2, 0.25) is 0 Å². The molecule has 0 heterocycles. The number of non-ortho nitro benzene ring substituents is 1. The standard InChI is InChI=1S/C32H21N7O26S7/c40-30-25-12(5-16(66(45,46)47)11-21(25)69(54,55)56)6-22(70(57,58)59)27(30)36-33-14-1-3-17(19(9-14)67(48,49)50)34-37-28-23(71(60,61)62)7-13-8-24(72(63,64)65)29(32(42)26(13)31(28)41)38-35-18-4-2-15(39(43)44)10-20(18)68(51,52)53/h1-11,40-42H,(H,45,46,47)(H,48,49,50)(H,51,52,53)(H,54,55,56)(H,57,58,59)(H,60,61,62)(H,63,64,65). The maximum absolute atomic E-state index is 12.6. The molecule has 6 aromatic carbocycles. The van der Waals surface area contributed by atoms with Crippen LogP contribution in [0.3, 0.4) is 0 Å². The van der Waals surface area contributed by atoms with Gasteiger partial charge in [0, 0.05) is 17.5 Å². The van der Waals surface area contributed by atoms with Gasteiger partial charge in [0.2, 0.25) is 0 Å². The molecule has 0 saturated heterocycles. The van der Waals surface area contributed by atoms with E-state index in [0.717, 1.165) is 0 Å². The Bertz CT molecular complexity index is 4360. The fourth-order valence-corrected chi connectivity index (χ4v) is 10.8. The third-order valence-electron chi connectivity index (χ3n) is 9.18. The van der Waals surface area contributed by atoms with Crippen LogP contribution >= 0.6 is 0 Å². The Labute approximate surface area is 400 Å². The van der Waals surface area contributed by atoms with E-state index < -0.39 is 189 Å². The predicted molar refractivity (Wildman–Crippen MR) is 234 cm³/mol. The second-order valence-corrected chi connectivity index (χ2v) is 23.6. The molecule has 0 aromatic heterocycles. The molecule has 0 unspecified atom stereocenters. The first kappa shape index (κ1) is 54.1. The van der Waals surface area contributed by atoms with Crippen LogP contribution in [0.4, 0.5) is 39.8 Å². The molecule has 6 rings (SSSR count). The molecule has 0 spiro atoms. The highest BCUT2D eigenvalue weighted by Crippen LogP contribution is 2.51. The summed E-state index contributed by atoms with van der Waals surface area (Å²) in [6.45, 7) is 0. The number of aromatic hydroxyl groups is 3. The van der Waals surface area contributed by atoms with Gasteiger partial charge in [-0.2, -0.15) is 64.0 Å². The first-order chi connectivity index (χ1) is 32.7. The van der Waals surface area contributed by atoms with Crippen LogP contribution in [0.15, 0.2) is 132 Å². The molecule has 33 nitrogen and oxygen atoms in total. The maximum atomic E-state index is 12.6. The van der Waals surface area contributed by atoms with Gasteiger partial charge in [-0.3, -0.25) is 42.0 Å². The zero-order valence-electron chi connectivity index (χ0n) is 33.8. The Morgan fingerprint density at radius 1 is 0.375 bits per heavy atom. The van der Waals surface area contributed by atoms with Crippen LogP contribution in [0, 0.1) is 10.1 Å². The lowest BCUT2D eigenvalue weighted by Gasteiger charge is -2.13. The van der Waals surface area contributed by atoms with Crippen LogP contribution in [0.1, 0.15) is 0 Å². The van der Waals surface area contributed by atoms with E-state index in [1.54, 1.807) is 0 Å².